The number of allylic oxidation sites excluding steroid dienone is 1. The summed E-state index contributed by atoms with van der Waals surface area (Å²) in [4.78, 5) is 24.9. The third-order valence-electron chi connectivity index (χ3n) is 3.17. The van der Waals surface area contributed by atoms with Crippen LogP contribution < -0.4 is 10.0 Å². The van der Waals surface area contributed by atoms with Gasteiger partial charge in [0.2, 0.25) is 0 Å². The number of fused-ring (bicyclic) bond motifs is 1. The van der Waals surface area contributed by atoms with Crippen molar-refractivity contribution in [3.05, 3.63) is 54.1 Å². The van der Waals surface area contributed by atoms with Crippen molar-refractivity contribution in [3.63, 3.8) is 0 Å². The summed E-state index contributed by atoms with van der Waals surface area (Å²) in [6.07, 6.45) is 3.46. The topological polar surface area (TPSA) is 100 Å². The molecule has 3 N–H and O–H groups in total. The predicted octanol–water partition coefficient (Wildman–Crippen LogP) is 3.70. The molecule has 2 amide bonds. The predicted molar refractivity (Wildman–Crippen MR) is 99.0 cm³/mol. The van der Waals surface area contributed by atoms with Gasteiger partial charge in [0, 0.05) is 5.56 Å². The zero-order valence-electron chi connectivity index (χ0n) is 13.3. The highest BCUT2D eigenvalue weighted by Crippen LogP contribution is 2.21. The first-order valence-corrected chi connectivity index (χ1v) is 8.30. The Kier molecular flexibility index (Phi) is 5.10. The van der Waals surface area contributed by atoms with Crippen LogP contribution in [-0.2, 0) is 0 Å². The van der Waals surface area contributed by atoms with Gasteiger partial charge in [-0.1, -0.05) is 6.08 Å². The summed E-state index contributed by atoms with van der Waals surface area (Å²) in [6, 6.07) is 9.69. The van der Waals surface area contributed by atoms with Crippen LogP contribution in [0.2, 0.25) is 0 Å². The molecule has 3 rings (SSSR count). The molecule has 0 unspecified atom stereocenters. The Morgan fingerprint density at radius 2 is 1.96 bits per heavy atom. The van der Waals surface area contributed by atoms with E-state index in [0.29, 0.717) is 22.7 Å². The second-order valence-electron chi connectivity index (χ2n) is 4.98. The lowest BCUT2D eigenvalue weighted by molar-refractivity contribution is 0.257. The number of carbonyl (C=O) groups is 1. The Balaban J connectivity index is 1.83. The Morgan fingerprint density at radius 3 is 2.72 bits per heavy atom. The van der Waals surface area contributed by atoms with Crippen molar-refractivity contribution in [2.45, 2.75) is 6.92 Å². The molecule has 0 aliphatic carbocycles. The fourth-order valence-corrected chi connectivity index (χ4v) is 2.40. The number of carbonyl (C=O) groups excluding carboxylic acids is 1. The molecule has 0 saturated heterocycles. The summed E-state index contributed by atoms with van der Waals surface area (Å²) in [5.41, 5.74) is 2.49. The number of nitrogens with one attached hydrogen (secondary N) is 2. The van der Waals surface area contributed by atoms with Crippen LogP contribution in [0.1, 0.15) is 6.92 Å². The lowest BCUT2D eigenvalue weighted by atomic mass is 10.1. The first-order chi connectivity index (χ1) is 12.2. The maximum absolute atomic E-state index is 11.8. The molecular weight excluding hydrogens is 338 g/mol. The number of urea groups is 1. The third-order valence-corrected chi connectivity index (χ3v) is 3.88. The second kappa shape index (κ2) is 7.63. The number of aromatic nitrogens is 3. The molecule has 3 aromatic rings. The third kappa shape index (κ3) is 4.24. The van der Waals surface area contributed by atoms with Gasteiger partial charge in [-0.15, -0.1) is 0 Å². The van der Waals surface area contributed by atoms with E-state index in [1.807, 2.05) is 13.0 Å². The van der Waals surface area contributed by atoms with Crippen molar-refractivity contribution in [3.8, 4) is 17.0 Å². The molecule has 7 nitrogen and oxygen atoms in total. The fraction of sp³-hybridized carbons (Fsp3) is 0.0588. The molecule has 2 heterocycles. The smallest absolute Gasteiger partial charge is 0.330 e. The van der Waals surface area contributed by atoms with Crippen molar-refractivity contribution in [2.75, 3.05) is 5.32 Å². The fourth-order valence-electron chi connectivity index (χ4n) is 2.04. The van der Waals surface area contributed by atoms with Gasteiger partial charge < -0.3 is 5.11 Å². The van der Waals surface area contributed by atoms with Gasteiger partial charge in [0.15, 0.2) is 5.65 Å². The zero-order chi connectivity index (χ0) is 17.6. The normalized spacial score (nSPS) is 10.9. The van der Waals surface area contributed by atoms with Crippen molar-refractivity contribution in [2.24, 2.45) is 0 Å². The summed E-state index contributed by atoms with van der Waals surface area (Å²) in [6.45, 7) is 1.86. The number of hydrogen-bond donors (Lipinski definition) is 3. The van der Waals surface area contributed by atoms with E-state index in [9.17, 15) is 9.90 Å². The lowest BCUT2D eigenvalue weighted by Crippen LogP contribution is -2.22. The number of phenols is 1. The highest BCUT2D eigenvalue weighted by Gasteiger charge is 2.07. The second-order valence-corrected chi connectivity index (χ2v) is 5.70. The van der Waals surface area contributed by atoms with Crippen LogP contribution >= 0.6 is 11.9 Å². The first-order valence-electron chi connectivity index (χ1n) is 7.43. The zero-order valence-corrected chi connectivity index (χ0v) is 14.1. The molecule has 0 saturated carbocycles. The minimum Gasteiger partial charge on any atom is -0.508 e. The number of nitrogens with zero attached hydrogens (tertiary/aromatic N) is 3. The van der Waals surface area contributed by atoms with Gasteiger partial charge in [-0.25, -0.2) is 14.8 Å². The monoisotopic (exact) mass is 353 g/mol. The average Bonchev–Trinajstić information content (AvgIpc) is 2.62. The number of anilines is 1. The number of phenolic OH excluding ortho intramolecular Hbond substituents is 1. The number of benzene rings is 1. The molecule has 0 spiro atoms. The molecule has 0 aliphatic rings. The number of amides is 2. The highest BCUT2D eigenvalue weighted by molar-refractivity contribution is 8.00. The summed E-state index contributed by atoms with van der Waals surface area (Å²) in [7, 11) is 0. The van der Waals surface area contributed by atoms with Crippen molar-refractivity contribution in [1.29, 1.82) is 0 Å². The molecule has 0 atom stereocenters. The van der Waals surface area contributed by atoms with Gasteiger partial charge in [-0.3, -0.25) is 15.0 Å². The van der Waals surface area contributed by atoms with Gasteiger partial charge in [0.1, 0.15) is 17.1 Å². The molecule has 1 aromatic carbocycles. The molecule has 0 aliphatic heterocycles. The highest BCUT2D eigenvalue weighted by atomic mass is 32.2. The van der Waals surface area contributed by atoms with E-state index in [2.05, 4.69) is 25.0 Å². The molecule has 8 heteroatoms. The van der Waals surface area contributed by atoms with E-state index in [1.165, 1.54) is 11.9 Å². The van der Waals surface area contributed by atoms with Crippen LogP contribution in [0.4, 0.5) is 10.6 Å². The standard InChI is InChI=1S/C17H15N5O2S/c1-2-9-25-22-17(24)21-15-8-7-13-16(20-15)19-14(10-18-13)11-3-5-12(23)6-4-11/h2-10,23H,1H3,(H2,19,20,21,22,24)/b9-2+. The van der Waals surface area contributed by atoms with Crippen LogP contribution in [0.3, 0.4) is 0 Å². The number of hydrogen-bond acceptors (Lipinski definition) is 6. The van der Waals surface area contributed by atoms with Crippen LogP contribution in [0.15, 0.2) is 54.1 Å². The van der Waals surface area contributed by atoms with Gasteiger partial charge in [-0.05, 0) is 60.7 Å². The van der Waals surface area contributed by atoms with E-state index in [4.69, 9.17) is 0 Å². The minimum absolute atomic E-state index is 0.184. The Labute approximate surface area is 148 Å². The molecule has 0 bridgehead atoms. The summed E-state index contributed by atoms with van der Waals surface area (Å²) in [5.74, 6) is 0.562. The summed E-state index contributed by atoms with van der Waals surface area (Å²) >= 11 is 1.17. The summed E-state index contributed by atoms with van der Waals surface area (Å²) < 4.78 is 2.60. The Hall–Kier alpha value is -3.13. The molecule has 126 valence electrons. The Morgan fingerprint density at radius 1 is 1.16 bits per heavy atom. The number of rotatable bonds is 4. The maximum Gasteiger partial charge on any atom is 0.330 e. The largest absolute Gasteiger partial charge is 0.508 e. The average molecular weight is 353 g/mol. The quantitative estimate of drug-likeness (QED) is 0.618. The van der Waals surface area contributed by atoms with Crippen molar-refractivity contribution < 1.29 is 9.90 Å². The molecule has 25 heavy (non-hydrogen) atoms. The Bertz CT molecular complexity index is 928. The summed E-state index contributed by atoms with van der Waals surface area (Å²) in [5, 5.41) is 13.8. The molecule has 0 fully saturated rings. The molecule has 2 aromatic heterocycles. The van der Waals surface area contributed by atoms with E-state index >= 15 is 0 Å². The molecular formula is C17H15N5O2S. The van der Waals surface area contributed by atoms with Gasteiger partial charge in [0.25, 0.3) is 0 Å². The van der Waals surface area contributed by atoms with Crippen LogP contribution in [0.5, 0.6) is 5.75 Å². The van der Waals surface area contributed by atoms with Gasteiger partial charge in [0.05, 0.1) is 11.9 Å². The van der Waals surface area contributed by atoms with Gasteiger partial charge in [-0.2, -0.15) is 0 Å². The van der Waals surface area contributed by atoms with Crippen LogP contribution in [0.25, 0.3) is 22.4 Å². The maximum atomic E-state index is 11.8. The van der Waals surface area contributed by atoms with Gasteiger partial charge >= 0.3 is 6.03 Å². The van der Waals surface area contributed by atoms with E-state index in [-0.39, 0.29) is 11.8 Å². The first kappa shape index (κ1) is 16.7. The SMILES string of the molecule is C/C=C/SNC(=O)Nc1ccc2ncc(-c3ccc(O)cc3)nc2n1. The molecule has 0 radical (unpaired) electrons. The van der Waals surface area contributed by atoms with E-state index < -0.39 is 0 Å². The minimum atomic E-state index is -0.377. The van der Waals surface area contributed by atoms with E-state index in [0.717, 1.165) is 5.56 Å². The van der Waals surface area contributed by atoms with E-state index in [1.54, 1.807) is 48.0 Å². The van der Waals surface area contributed by atoms with Crippen LogP contribution in [0, 0.1) is 0 Å². The number of aromatic hydroxyl groups is 1. The van der Waals surface area contributed by atoms with Crippen molar-refractivity contribution in [1.82, 2.24) is 19.7 Å². The lowest BCUT2D eigenvalue weighted by Gasteiger charge is -2.06. The van der Waals surface area contributed by atoms with Crippen molar-refractivity contribution >= 4 is 35.0 Å². The number of pyridine rings is 1. The van der Waals surface area contributed by atoms with Crippen LogP contribution in [-0.4, -0.2) is 26.1 Å².